The molecule has 0 bridgehead atoms. The zero-order chi connectivity index (χ0) is 14.5. The van der Waals surface area contributed by atoms with Crippen molar-refractivity contribution in [3.05, 3.63) is 23.8 Å². The Balaban J connectivity index is 2.15. The van der Waals surface area contributed by atoms with Crippen molar-refractivity contribution in [3.8, 4) is 5.75 Å². The van der Waals surface area contributed by atoms with Crippen LogP contribution in [0.25, 0.3) is 0 Å². The summed E-state index contributed by atoms with van der Waals surface area (Å²) in [6.45, 7) is 1.69. The summed E-state index contributed by atoms with van der Waals surface area (Å²) in [5, 5.41) is 6.04. The minimum absolute atomic E-state index is 0.0156. The van der Waals surface area contributed by atoms with Gasteiger partial charge in [0.05, 0.1) is 12.8 Å². The maximum Gasteiger partial charge on any atom is 0.248 e. The van der Waals surface area contributed by atoms with E-state index in [1.807, 2.05) is 0 Å². The van der Waals surface area contributed by atoms with Crippen molar-refractivity contribution in [1.29, 1.82) is 0 Å². The van der Waals surface area contributed by atoms with Crippen LogP contribution in [0.2, 0.25) is 0 Å². The molecule has 1 saturated heterocycles. The van der Waals surface area contributed by atoms with E-state index in [0.717, 1.165) is 25.9 Å². The highest BCUT2D eigenvalue weighted by Crippen LogP contribution is 2.26. The summed E-state index contributed by atoms with van der Waals surface area (Å²) in [7, 11) is 1.51. The SMILES string of the molecule is COc1ccc(C(N)=O)cc1NC(=O)C1CCNCC1. The lowest BCUT2D eigenvalue weighted by atomic mass is 9.97. The van der Waals surface area contributed by atoms with Gasteiger partial charge in [0, 0.05) is 11.5 Å². The van der Waals surface area contributed by atoms with Gasteiger partial charge in [0.15, 0.2) is 0 Å². The Morgan fingerprint density at radius 2 is 2.05 bits per heavy atom. The Bertz CT molecular complexity index is 510. The molecule has 1 aliphatic rings. The molecule has 0 atom stereocenters. The van der Waals surface area contributed by atoms with Crippen LogP contribution in [0.4, 0.5) is 5.69 Å². The third-order valence-corrected chi connectivity index (χ3v) is 3.45. The van der Waals surface area contributed by atoms with Crippen molar-refractivity contribution >= 4 is 17.5 Å². The van der Waals surface area contributed by atoms with Gasteiger partial charge in [-0.25, -0.2) is 0 Å². The van der Waals surface area contributed by atoms with E-state index in [9.17, 15) is 9.59 Å². The fourth-order valence-electron chi connectivity index (χ4n) is 2.28. The van der Waals surface area contributed by atoms with Gasteiger partial charge in [-0.3, -0.25) is 9.59 Å². The molecule has 2 amide bonds. The molecule has 2 rings (SSSR count). The molecule has 0 radical (unpaired) electrons. The van der Waals surface area contributed by atoms with Gasteiger partial charge in [0.2, 0.25) is 11.8 Å². The molecule has 0 saturated carbocycles. The quantitative estimate of drug-likeness (QED) is 0.756. The van der Waals surface area contributed by atoms with E-state index in [-0.39, 0.29) is 11.8 Å². The third-order valence-electron chi connectivity index (χ3n) is 3.45. The molecule has 4 N–H and O–H groups in total. The molecule has 1 aliphatic heterocycles. The monoisotopic (exact) mass is 277 g/mol. The Morgan fingerprint density at radius 3 is 2.65 bits per heavy atom. The average Bonchev–Trinajstić information content (AvgIpc) is 2.48. The topological polar surface area (TPSA) is 93.4 Å². The van der Waals surface area contributed by atoms with Gasteiger partial charge in [0.25, 0.3) is 0 Å². The van der Waals surface area contributed by atoms with Crippen LogP contribution in [0.1, 0.15) is 23.2 Å². The van der Waals surface area contributed by atoms with Crippen LogP contribution in [0.15, 0.2) is 18.2 Å². The van der Waals surface area contributed by atoms with Crippen LogP contribution in [0, 0.1) is 5.92 Å². The van der Waals surface area contributed by atoms with E-state index in [0.29, 0.717) is 17.0 Å². The summed E-state index contributed by atoms with van der Waals surface area (Å²) in [4.78, 5) is 23.4. The number of primary amides is 1. The predicted octanol–water partition coefficient (Wildman–Crippen LogP) is 0.732. The maximum atomic E-state index is 12.2. The number of carbonyl (C=O) groups is 2. The lowest BCUT2D eigenvalue weighted by Crippen LogP contribution is -2.34. The van der Waals surface area contributed by atoms with Crippen molar-refractivity contribution in [2.24, 2.45) is 11.7 Å². The highest BCUT2D eigenvalue weighted by molar-refractivity contribution is 5.98. The van der Waals surface area contributed by atoms with Crippen molar-refractivity contribution in [2.45, 2.75) is 12.8 Å². The predicted molar refractivity (Wildman–Crippen MR) is 75.7 cm³/mol. The van der Waals surface area contributed by atoms with E-state index in [1.165, 1.54) is 7.11 Å². The van der Waals surface area contributed by atoms with Crippen LogP contribution >= 0.6 is 0 Å². The van der Waals surface area contributed by atoms with Crippen molar-refractivity contribution in [2.75, 3.05) is 25.5 Å². The molecular formula is C14H19N3O3. The van der Waals surface area contributed by atoms with E-state index in [1.54, 1.807) is 18.2 Å². The fraction of sp³-hybridized carbons (Fsp3) is 0.429. The minimum atomic E-state index is -0.537. The van der Waals surface area contributed by atoms with Gasteiger partial charge in [-0.2, -0.15) is 0 Å². The number of hydrogen-bond donors (Lipinski definition) is 3. The fourth-order valence-corrected chi connectivity index (χ4v) is 2.28. The molecule has 1 fully saturated rings. The number of rotatable bonds is 4. The summed E-state index contributed by atoms with van der Waals surface area (Å²) in [5.41, 5.74) is 6.07. The highest BCUT2D eigenvalue weighted by Gasteiger charge is 2.22. The van der Waals surface area contributed by atoms with Crippen LogP contribution in [-0.2, 0) is 4.79 Å². The zero-order valence-electron chi connectivity index (χ0n) is 11.4. The number of nitrogens with two attached hydrogens (primary N) is 1. The molecular weight excluding hydrogens is 258 g/mol. The zero-order valence-corrected chi connectivity index (χ0v) is 11.4. The minimum Gasteiger partial charge on any atom is -0.495 e. The van der Waals surface area contributed by atoms with Crippen LogP contribution in [-0.4, -0.2) is 32.0 Å². The first kappa shape index (κ1) is 14.3. The molecule has 108 valence electrons. The highest BCUT2D eigenvalue weighted by atomic mass is 16.5. The summed E-state index contributed by atoms with van der Waals surface area (Å²) in [6, 6.07) is 4.74. The Hall–Kier alpha value is -2.08. The number of nitrogens with one attached hydrogen (secondary N) is 2. The number of piperidine rings is 1. The molecule has 0 unspecified atom stereocenters. The van der Waals surface area contributed by atoms with Crippen molar-refractivity contribution in [1.82, 2.24) is 5.32 Å². The molecule has 1 aromatic rings. The maximum absolute atomic E-state index is 12.2. The number of anilines is 1. The molecule has 1 heterocycles. The van der Waals surface area contributed by atoms with Gasteiger partial charge < -0.3 is 21.1 Å². The van der Waals surface area contributed by atoms with E-state index >= 15 is 0 Å². The van der Waals surface area contributed by atoms with Crippen LogP contribution in [0.5, 0.6) is 5.75 Å². The molecule has 0 spiro atoms. The number of carbonyl (C=O) groups excluding carboxylic acids is 2. The number of benzene rings is 1. The molecule has 20 heavy (non-hydrogen) atoms. The summed E-state index contributed by atoms with van der Waals surface area (Å²) in [6.07, 6.45) is 1.62. The second-order valence-electron chi connectivity index (χ2n) is 4.79. The van der Waals surface area contributed by atoms with Gasteiger partial charge >= 0.3 is 0 Å². The number of hydrogen-bond acceptors (Lipinski definition) is 4. The van der Waals surface area contributed by atoms with Crippen molar-refractivity contribution in [3.63, 3.8) is 0 Å². The Morgan fingerprint density at radius 1 is 1.35 bits per heavy atom. The van der Waals surface area contributed by atoms with Gasteiger partial charge in [-0.05, 0) is 44.1 Å². The smallest absolute Gasteiger partial charge is 0.248 e. The second-order valence-corrected chi connectivity index (χ2v) is 4.79. The first-order valence-corrected chi connectivity index (χ1v) is 6.61. The van der Waals surface area contributed by atoms with Gasteiger partial charge in [0.1, 0.15) is 5.75 Å². The first-order valence-electron chi connectivity index (χ1n) is 6.61. The lowest BCUT2D eigenvalue weighted by Gasteiger charge is -2.22. The normalized spacial score (nSPS) is 15.7. The van der Waals surface area contributed by atoms with E-state index in [2.05, 4.69) is 10.6 Å². The number of methoxy groups -OCH3 is 1. The lowest BCUT2D eigenvalue weighted by molar-refractivity contribution is -0.120. The van der Waals surface area contributed by atoms with Gasteiger partial charge in [-0.1, -0.05) is 0 Å². The van der Waals surface area contributed by atoms with Crippen molar-refractivity contribution < 1.29 is 14.3 Å². The standard InChI is InChI=1S/C14H19N3O3/c1-20-12-3-2-10(13(15)18)8-11(12)17-14(19)9-4-6-16-7-5-9/h2-3,8-9,16H,4-7H2,1H3,(H2,15,18)(H,17,19). The Labute approximate surface area is 117 Å². The molecule has 0 aromatic heterocycles. The van der Waals surface area contributed by atoms with E-state index < -0.39 is 5.91 Å². The molecule has 6 nitrogen and oxygen atoms in total. The first-order chi connectivity index (χ1) is 9.61. The summed E-state index contributed by atoms with van der Waals surface area (Å²) in [5.74, 6) is -0.0908. The molecule has 1 aromatic carbocycles. The summed E-state index contributed by atoms with van der Waals surface area (Å²) >= 11 is 0. The van der Waals surface area contributed by atoms with Crippen LogP contribution in [0.3, 0.4) is 0 Å². The molecule has 6 heteroatoms. The number of ether oxygens (including phenoxy) is 1. The summed E-state index contributed by atoms with van der Waals surface area (Å²) < 4.78 is 5.19. The third kappa shape index (κ3) is 3.27. The largest absolute Gasteiger partial charge is 0.495 e. The van der Waals surface area contributed by atoms with E-state index in [4.69, 9.17) is 10.5 Å². The Kier molecular flexibility index (Phi) is 4.57. The second kappa shape index (κ2) is 6.38. The number of amides is 2. The van der Waals surface area contributed by atoms with Gasteiger partial charge in [-0.15, -0.1) is 0 Å². The average molecular weight is 277 g/mol. The molecule has 0 aliphatic carbocycles. The van der Waals surface area contributed by atoms with Crippen LogP contribution < -0.4 is 21.1 Å².